The Balaban J connectivity index is 1.58. The number of hydrogen-bond donors (Lipinski definition) is 0. The zero-order valence-electron chi connectivity index (χ0n) is 20.0. The van der Waals surface area contributed by atoms with Gasteiger partial charge in [0.15, 0.2) is 5.13 Å². The second kappa shape index (κ2) is 9.73. The lowest BCUT2D eigenvalue weighted by molar-refractivity contribution is -0.115. The molecule has 0 aliphatic rings. The first-order chi connectivity index (χ1) is 16.3. The van der Waals surface area contributed by atoms with Crippen molar-refractivity contribution in [3.8, 4) is 0 Å². The molecule has 1 amide bonds. The molecule has 0 fully saturated rings. The largest absolute Gasteiger partial charge is 0.456 e. The Hall–Kier alpha value is -3.58. The van der Waals surface area contributed by atoms with E-state index in [9.17, 15) is 9.59 Å². The number of nitrogens with zero attached hydrogens (tertiary/aromatic N) is 3. The van der Waals surface area contributed by atoms with E-state index in [0.29, 0.717) is 16.4 Å². The van der Waals surface area contributed by atoms with Crippen LogP contribution in [0.1, 0.15) is 52.3 Å². The van der Waals surface area contributed by atoms with Gasteiger partial charge in [-0.3, -0.25) is 14.7 Å². The molecule has 174 valence electrons. The summed E-state index contributed by atoms with van der Waals surface area (Å²) >= 11 is 1.35. The number of aromatic nitrogens is 2. The molecule has 0 radical (unpaired) electrons. The van der Waals surface area contributed by atoms with E-state index < -0.39 is 5.97 Å². The van der Waals surface area contributed by atoms with E-state index in [0.717, 1.165) is 45.4 Å². The van der Waals surface area contributed by atoms with E-state index >= 15 is 0 Å². The first-order valence-electron chi connectivity index (χ1n) is 11.2. The molecule has 0 spiro atoms. The molecule has 2 aromatic heterocycles. The zero-order valence-corrected chi connectivity index (χ0v) is 20.8. The van der Waals surface area contributed by atoms with Crippen LogP contribution in [0.5, 0.6) is 0 Å². The van der Waals surface area contributed by atoms with Crippen molar-refractivity contribution in [2.45, 2.75) is 47.6 Å². The van der Waals surface area contributed by atoms with Crippen LogP contribution in [-0.2, 0) is 22.6 Å². The van der Waals surface area contributed by atoms with Crippen LogP contribution < -0.4 is 4.90 Å². The number of fused-ring (bicyclic) bond motifs is 1. The van der Waals surface area contributed by atoms with E-state index in [1.54, 1.807) is 4.90 Å². The molecule has 34 heavy (non-hydrogen) atoms. The van der Waals surface area contributed by atoms with Crippen LogP contribution in [-0.4, -0.2) is 21.8 Å². The summed E-state index contributed by atoms with van der Waals surface area (Å²) in [7, 11) is 0. The summed E-state index contributed by atoms with van der Waals surface area (Å²) in [5, 5.41) is 3.14. The second-order valence-corrected chi connectivity index (χ2v) is 9.11. The number of ether oxygens (including phenoxy) is 1. The smallest absolute Gasteiger partial charge is 0.339 e. The lowest BCUT2D eigenvalue weighted by atomic mass is 10.0. The van der Waals surface area contributed by atoms with Gasteiger partial charge < -0.3 is 4.74 Å². The molecule has 4 rings (SSSR count). The number of rotatable bonds is 6. The van der Waals surface area contributed by atoms with Crippen LogP contribution in [0.25, 0.3) is 10.9 Å². The number of anilines is 2. The van der Waals surface area contributed by atoms with Gasteiger partial charge in [0.2, 0.25) is 5.91 Å². The molecule has 2 aromatic carbocycles. The highest BCUT2D eigenvalue weighted by Gasteiger charge is 2.22. The SMILES string of the molecule is CCc1nc2ccccc2c(C(=O)OCc2csc(N(C(C)=O)c3ccc(C)cc3C)n2)c1C. The molecular formula is C27H27N3O3S. The van der Waals surface area contributed by atoms with Gasteiger partial charge in [-0.05, 0) is 50.5 Å². The molecule has 0 N–H and O–H groups in total. The molecular weight excluding hydrogens is 446 g/mol. The third kappa shape index (κ3) is 4.56. The van der Waals surface area contributed by atoms with Crippen LogP contribution in [0.3, 0.4) is 0 Å². The second-order valence-electron chi connectivity index (χ2n) is 8.27. The Morgan fingerprint density at radius 2 is 1.82 bits per heavy atom. The Morgan fingerprint density at radius 1 is 1.06 bits per heavy atom. The topological polar surface area (TPSA) is 72.4 Å². The Bertz CT molecular complexity index is 1390. The summed E-state index contributed by atoms with van der Waals surface area (Å²) in [6.07, 6.45) is 0.728. The number of para-hydroxylation sites is 1. The van der Waals surface area contributed by atoms with Crippen LogP contribution >= 0.6 is 11.3 Å². The number of carbonyl (C=O) groups is 2. The monoisotopic (exact) mass is 473 g/mol. The first-order valence-corrected chi connectivity index (χ1v) is 12.1. The normalized spacial score (nSPS) is 11.0. The first kappa shape index (κ1) is 23.6. The summed E-state index contributed by atoms with van der Waals surface area (Å²) in [6, 6.07) is 13.5. The van der Waals surface area contributed by atoms with Crippen LogP contribution in [0.15, 0.2) is 47.8 Å². The molecule has 0 aliphatic carbocycles. The van der Waals surface area contributed by atoms with E-state index in [4.69, 9.17) is 4.74 Å². The van der Waals surface area contributed by atoms with Crippen molar-refractivity contribution >= 4 is 44.9 Å². The minimum Gasteiger partial charge on any atom is -0.456 e. The number of benzene rings is 2. The van der Waals surface area contributed by atoms with Crippen molar-refractivity contribution < 1.29 is 14.3 Å². The molecule has 0 saturated carbocycles. The summed E-state index contributed by atoms with van der Waals surface area (Å²) in [6.45, 7) is 9.45. The molecule has 0 saturated heterocycles. The number of aryl methyl sites for hydroxylation is 3. The van der Waals surface area contributed by atoms with Crippen molar-refractivity contribution in [3.63, 3.8) is 0 Å². The fourth-order valence-electron chi connectivity index (χ4n) is 4.11. The number of hydrogen-bond acceptors (Lipinski definition) is 6. The van der Waals surface area contributed by atoms with Gasteiger partial charge in [0.1, 0.15) is 6.61 Å². The molecule has 7 heteroatoms. The third-order valence-corrected chi connectivity index (χ3v) is 6.64. The van der Waals surface area contributed by atoms with Gasteiger partial charge in [0.25, 0.3) is 0 Å². The maximum Gasteiger partial charge on any atom is 0.339 e. The maximum absolute atomic E-state index is 13.1. The van der Waals surface area contributed by atoms with Crippen molar-refractivity contribution in [2.75, 3.05) is 4.90 Å². The van der Waals surface area contributed by atoms with Gasteiger partial charge in [-0.25, -0.2) is 9.78 Å². The Kier molecular flexibility index (Phi) is 6.75. The summed E-state index contributed by atoms with van der Waals surface area (Å²) < 4.78 is 5.68. The van der Waals surface area contributed by atoms with Crippen molar-refractivity contribution in [2.24, 2.45) is 0 Å². The Labute approximate surface area is 203 Å². The van der Waals surface area contributed by atoms with Crippen molar-refractivity contribution in [1.29, 1.82) is 0 Å². The number of amides is 1. The number of esters is 1. The fourth-order valence-corrected chi connectivity index (χ4v) is 4.97. The molecule has 0 aliphatic heterocycles. The lowest BCUT2D eigenvalue weighted by Crippen LogP contribution is -2.23. The molecule has 0 atom stereocenters. The third-order valence-electron chi connectivity index (χ3n) is 5.77. The van der Waals surface area contributed by atoms with Gasteiger partial charge in [-0.15, -0.1) is 11.3 Å². The highest BCUT2D eigenvalue weighted by atomic mass is 32.1. The van der Waals surface area contributed by atoms with Gasteiger partial charge >= 0.3 is 5.97 Å². The average Bonchev–Trinajstić information content (AvgIpc) is 3.27. The fraction of sp³-hybridized carbons (Fsp3) is 0.259. The highest BCUT2D eigenvalue weighted by molar-refractivity contribution is 7.14. The van der Waals surface area contributed by atoms with E-state index in [1.807, 2.05) is 75.5 Å². The van der Waals surface area contributed by atoms with Crippen molar-refractivity contribution in [3.05, 3.63) is 81.5 Å². The molecule has 6 nitrogen and oxygen atoms in total. The number of pyridine rings is 1. The molecule has 0 bridgehead atoms. The van der Waals surface area contributed by atoms with E-state index in [2.05, 4.69) is 9.97 Å². The number of carbonyl (C=O) groups excluding carboxylic acids is 2. The average molecular weight is 474 g/mol. The minimum atomic E-state index is -0.404. The minimum absolute atomic E-state index is 0.0194. The predicted octanol–water partition coefficient (Wildman–Crippen LogP) is 6.22. The van der Waals surface area contributed by atoms with Crippen LogP contribution in [0.2, 0.25) is 0 Å². The zero-order chi connectivity index (χ0) is 24.4. The van der Waals surface area contributed by atoms with Gasteiger partial charge in [-0.2, -0.15) is 0 Å². The molecule has 2 heterocycles. The quantitative estimate of drug-likeness (QED) is 0.311. The van der Waals surface area contributed by atoms with E-state index in [1.165, 1.54) is 18.3 Å². The van der Waals surface area contributed by atoms with Crippen LogP contribution in [0, 0.1) is 20.8 Å². The molecule has 4 aromatic rings. The maximum atomic E-state index is 13.1. The summed E-state index contributed by atoms with van der Waals surface area (Å²) in [5.41, 5.74) is 6.54. The summed E-state index contributed by atoms with van der Waals surface area (Å²) in [5.74, 6) is -0.533. The van der Waals surface area contributed by atoms with E-state index in [-0.39, 0.29) is 12.5 Å². The van der Waals surface area contributed by atoms with Gasteiger partial charge in [-0.1, -0.05) is 42.8 Å². The van der Waals surface area contributed by atoms with Crippen LogP contribution in [0.4, 0.5) is 10.8 Å². The predicted molar refractivity (Wildman–Crippen MR) is 136 cm³/mol. The summed E-state index contributed by atoms with van der Waals surface area (Å²) in [4.78, 5) is 36.5. The standard InChI is InChI=1S/C27H27N3O3S/c1-6-22-18(4)25(21-9-7-8-10-23(21)29-22)26(32)33-14-20-15-34-27(28-20)30(19(5)31)24-12-11-16(2)13-17(24)3/h7-13,15H,6,14H2,1-5H3. The Morgan fingerprint density at radius 3 is 2.53 bits per heavy atom. The van der Waals surface area contributed by atoms with Gasteiger partial charge in [0, 0.05) is 23.4 Å². The van der Waals surface area contributed by atoms with Crippen molar-refractivity contribution in [1.82, 2.24) is 9.97 Å². The lowest BCUT2D eigenvalue weighted by Gasteiger charge is -2.20. The number of thiazole rings is 1. The van der Waals surface area contributed by atoms with Gasteiger partial charge in [0.05, 0.1) is 22.5 Å². The highest BCUT2D eigenvalue weighted by Crippen LogP contribution is 2.32. The molecule has 0 unspecified atom stereocenters.